The number of amides is 1. The number of likely N-dealkylation sites (tertiary alicyclic amines) is 1. The molecule has 0 aliphatic carbocycles. The van der Waals surface area contributed by atoms with Crippen molar-refractivity contribution in [3.8, 4) is 11.3 Å². The zero-order chi connectivity index (χ0) is 27.8. The highest BCUT2D eigenvalue weighted by atomic mass is 19.2. The van der Waals surface area contributed by atoms with E-state index in [2.05, 4.69) is 15.5 Å². The molecule has 4 heterocycles. The van der Waals surface area contributed by atoms with E-state index >= 15 is 0 Å². The number of hydrogen-bond acceptors (Lipinski definition) is 9. The van der Waals surface area contributed by atoms with E-state index in [-0.39, 0.29) is 29.5 Å². The van der Waals surface area contributed by atoms with E-state index in [0.29, 0.717) is 24.5 Å². The summed E-state index contributed by atoms with van der Waals surface area (Å²) in [5.41, 5.74) is 0.547. The fourth-order valence-electron chi connectivity index (χ4n) is 5.29. The molecule has 2 fully saturated rings. The minimum atomic E-state index is -1.60. The first kappa shape index (κ1) is 27.2. The van der Waals surface area contributed by atoms with Gasteiger partial charge in [0, 0.05) is 51.1 Å². The van der Waals surface area contributed by atoms with Gasteiger partial charge >= 0.3 is 0 Å². The monoisotopic (exact) mass is 551 g/mol. The van der Waals surface area contributed by atoms with Crippen LogP contribution in [0.1, 0.15) is 36.8 Å². The Labute approximate surface area is 221 Å². The van der Waals surface area contributed by atoms with Crippen molar-refractivity contribution >= 4 is 5.91 Å². The lowest BCUT2D eigenvalue weighted by Crippen LogP contribution is -2.57. The average molecular weight is 552 g/mol. The number of aromatic nitrogens is 4. The number of aliphatic hydroxyl groups is 2. The summed E-state index contributed by atoms with van der Waals surface area (Å²) in [7, 11) is 1.42. The Morgan fingerprint density at radius 1 is 1.21 bits per heavy atom. The van der Waals surface area contributed by atoms with Crippen molar-refractivity contribution in [1.29, 1.82) is 0 Å². The number of ether oxygens (including phenoxy) is 2. The van der Waals surface area contributed by atoms with Crippen LogP contribution in [0, 0.1) is 17.5 Å². The van der Waals surface area contributed by atoms with Crippen molar-refractivity contribution in [2.45, 2.75) is 56.1 Å². The van der Waals surface area contributed by atoms with E-state index in [9.17, 15) is 28.2 Å². The number of hydrogen-bond donors (Lipinski definition) is 2. The van der Waals surface area contributed by atoms with E-state index < -0.39 is 54.5 Å². The lowest BCUT2D eigenvalue weighted by Gasteiger charge is -2.43. The molecule has 14 heteroatoms. The third-order valence-electron chi connectivity index (χ3n) is 7.35. The highest BCUT2D eigenvalue weighted by Gasteiger charge is 2.47. The topological polar surface area (TPSA) is 136 Å². The smallest absolute Gasteiger partial charge is 0.219 e. The second-order valence-corrected chi connectivity index (χ2v) is 9.79. The van der Waals surface area contributed by atoms with Gasteiger partial charge in [-0.1, -0.05) is 10.4 Å². The molecule has 2 aliphatic rings. The largest absolute Gasteiger partial charge is 0.394 e. The Balaban J connectivity index is 1.38. The number of nitrogens with zero attached hydrogens (tertiary/aromatic N) is 5. The maximum Gasteiger partial charge on any atom is 0.219 e. The average Bonchev–Trinajstić information content (AvgIpc) is 3.68. The van der Waals surface area contributed by atoms with Crippen LogP contribution in [0.25, 0.3) is 11.3 Å². The maximum atomic E-state index is 13.8. The van der Waals surface area contributed by atoms with Crippen LogP contribution in [0.15, 0.2) is 28.9 Å². The minimum absolute atomic E-state index is 0.00129. The molecule has 0 radical (unpaired) electrons. The summed E-state index contributed by atoms with van der Waals surface area (Å²) in [5.74, 6) is -3.68. The van der Waals surface area contributed by atoms with Gasteiger partial charge in [0.2, 0.25) is 5.91 Å². The van der Waals surface area contributed by atoms with E-state index in [0.717, 1.165) is 18.6 Å². The Hall–Kier alpha value is -3.33. The van der Waals surface area contributed by atoms with Crippen LogP contribution in [0.2, 0.25) is 0 Å². The molecule has 2 N–H and O–H groups in total. The van der Waals surface area contributed by atoms with Crippen LogP contribution >= 0.6 is 0 Å². The van der Waals surface area contributed by atoms with Crippen LogP contribution in [0.3, 0.4) is 0 Å². The molecule has 6 atom stereocenters. The van der Waals surface area contributed by atoms with E-state index in [1.165, 1.54) is 24.9 Å². The fraction of sp³-hybridized carbons (Fsp3) is 0.520. The van der Waals surface area contributed by atoms with Crippen molar-refractivity contribution in [3.05, 3.63) is 53.3 Å². The normalized spacial score (nSPS) is 27.3. The lowest BCUT2D eigenvalue weighted by molar-refractivity contribution is -0.212. The summed E-state index contributed by atoms with van der Waals surface area (Å²) in [4.78, 5) is 13.4. The summed E-state index contributed by atoms with van der Waals surface area (Å²) >= 11 is 0. The molecule has 1 amide bonds. The molecule has 11 nitrogen and oxygen atoms in total. The van der Waals surface area contributed by atoms with E-state index in [1.54, 1.807) is 11.0 Å². The Bertz CT molecular complexity index is 1310. The van der Waals surface area contributed by atoms with Crippen molar-refractivity contribution in [2.24, 2.45) is 0 Å². The molecular weight excluding hydrogens is 523 g/mol. The third-order valence-corrected chi connectivity index (χ3v) is 7.35. The Morgan fingerprint density at radius 2 is 1.95 bits per heavy atom. The van der Waals surface area contributed by atoms with Gasteiger partial charge in [-0.15, -0.1) is 5.10 Å². The second-order valence-electron chi connectivity index (χ2n) is 9.79. The standard InChI is InChI=1S/C25H28F3N5O6/c1-12(35)32-4-3-13(9-32)19-7-15(30-39-19)8-20-25(37-2)23(24(36)21(11-34)38-20)33-10-18(29-31-33)14-5-16(26)22(28)17(27)6-14/h5-7,10,13,20-21,23-25,34,36H,3-4,8-9,11H2,1-2H3/t13-,20-,21-,23+,24+,25+/m1/s1. The van der Waals surface area contributed by atoms with Crippen molar-refractivity contribution in [2.75, 3.05) is 26.8 Å². The zero-order valence-corrected chi connectivity index (χ0v) is 21.2. The summed E-state index contributed by atoms with van der Waals surface area (Å²) in [5, 5.41) is 33.0. The van der Waals surface area contributed by atoms with Gasteiger partial charge in [-0.25, -0.2) is 17.9 Å². The molecule has 0 bridgehead atoms. The molecule has 2 saturated heterocycles. The van der Waals surface area contributed by atoms with Gasteiger partial charge in [0.25, 0.3) is 0 Å². The molecule has 2 aliphatic heterocycles. The molecule has 3 aromatic rings. The Kier molecular flexibility index (Phi) is 7.71. The molecule has 0 spiro atoms. The van der Waals surface area contributed by atoms with Gasteiger partial charge < -0.3 is 29.1 Å². The van der Waals surface area contributed by atoms with Gasteiger partial charge in [-0.05, 0) is 18.6 Å². The van der Waals surface area contributed by atoms with Crippen LogP contribution < -0.4 is 0 Å². The highest BCUT2D eigenvalue weighted by Crippen LogP contribution is 2.35. The summed E-state index contributed by atoms with van der Waals surface area (Å²) in [6.45, 7) is 2.20. The molecule has 0 unspecified atom stereocenters. The summed E-state index contributed by atoms with van der Waals surface area (Å²) < 4.78 is 59.4. The lowest BCUT2D eigenvalue weighted by atomic mass is 9.90. The highest BCUT2D eigenvalue weighted by molar-refractivity contribution is 5.73. The van der Waals surface area contributed by atoms with Gasteiger partial charge in [0.15, 0.2) is 17.5 Å². The zero-order valence-electron chi connectivity index (χ0n) is 21.2. The van der Waals surface area contributed by atoms with Crippen molar-refractivity contribution < 1.29 is 42.2 Å². The Morgan fingerprint density at radius 3 is 2.59 bits per heavy atom. The third kappa shape index (κ3) is 5.29. The van der Waals surface area contributed by atoms with Gasteiger partial charge in [-0.3, -0.25) is 4.79 Å². The van der Waals surface area contributed by atoms with E-state index in [4.69, 9.17) is 14.0 Å². The van der Waals surface area contributed by atoms with Crippen LogP contribution in [0.5, 0.6) is 0 Å². The number of halogens is 3. The fourth-order valence-corrected chi connectivity index (χ4v) is 5.29. The molecule has 2 aromatic heterocycles. The first-order valence-electron chi connectivity index (χ1n) is 12.4. The predicted octanol–water partition coefficient (Wildman–Crippen LogP) is 1.61. The predicted molar refractivity (Wildman–Crippen MR) is 127 cm³/mol. The first-order valence-corrected chi connectivity index (χ1v) is 12.4. The van der Waals surface area contributed by atoms with Gasteiger partial charge in [0.1, 0.15) is 35.8 Å². The molecule has 0 saturated carbocycles. The molecular formula is C25H28F3N5O6. The molecule has 210 valence electrons. The number of aliphatic hydroxyl groups excluding tert-OH is 2. The number of methoxy groups -OCH3 is 1. The first-order chi connectivity index (χ1) is 18.7. The quantitative estimate of drug-likeness (QED) is 0.420. The molecule has 5 rings (SSSR count). The second kappa shape index (κ2) is 11.0. The van der Waals surface area contributed by atoms with Crippen LogP contribution in [-0.4, -0.2) is 92.4 Å². The SMILES string of the molecule is CO[C@@H]1[C@@H](n2cc(-c3cc(F)c(F)c(F)c3)nn2)[C@@H](O)[C@@H](CO)O[C@@H]1Cc1cc([C@@H]2CCN(C(C)=O)C2)on1. The number of rotatable bonds is 7. The van der Waals surface area contributed by atoms with Crippen LogP contribution in [-0.2, 0) is 20.7 Å². The summed E-state index contributed by atoms with van der Waals surface area (Å²) in [6.07, 6.45) is -1.49. The number of benzene rings is 1. The minimum Gasteiger partial charge on any atom is -0.394 e. The molecule has 1 aromatic carbocycles. The van der Waals surface area contributed by atoms with Crippen molar-refractivity contribution in [1.82, 2.24) is 25.1 Å². The maximum absolute atomic E-state index is 13.8. The van der Waals surface area contributed by atoms with Gasteiger partial charge in [-0.2, -0.15) is 0 Å². The number of carbonyl (C=O) groups excluding carboxylic acids is 1. The van der Waals surface area contributed by atoms with Crippen LogP contribution in [0.4, 0.5) is 13.2 Å². The summed E-state index contributed by atoms with van der Waals surface area (Å²) in [6, 6.07) is 2.47. The van der Waals surface area contributed by atoms with E-state index in [1.807, 2.05) is 0 Å². The van der Waals surface area contributed by atoms with Crippen molar-refractivity contribution in [3.63, 3.8) is 0 Å². The van der Waals surface area contributed by atoms with Gasteiger partial charge in [0.05, 0.1) is 24.6 Å². The molecule has 39 heavy (non-hydrogen) atoms. The number of carbonyl (C=O) groups is 1.